The number of aliphatic carboxylic acids is 1. The molecule has 2 N–H and O–H groups in total. The molecule has 0 amide bonds. The van der Waals surface area contributed by atoms with Crippen LogP contribution in [0.25, 0.3) is 0 Å². The second-order valence-corrected chi connectivity index (χ2v) is 17.7. The number of likely N-dealkylation sites (tertiary alicyclic amines) is 1. The Balaban J connectivity index is 0.000000195. The van der Waals surface area contributed by atoms with Gasteiger partial charge in [-0.15, -0.1) is 0 Å². The maximum atomic E-state index is 10.7. The van der Waals surface area contributed by atoms with E-state index in [4.69, 9.17) is 14.6 Å². The summed E-state index contributed by atoms with van der Waals surface area (Å²) in [6.45, 7) is 19.1. The van der Waals surface area contributed by atoms with E-state index in [0.717, 1.165) is 68.8 Å². The Kier molecular flexibility index (Phi) is 13.1. The Hall–Kier alpha value is -2.57. The monoisotopic (exact) mass is 675 g/mol. The second kappa shape index (κ2) is 17.1. The van der Waals surface area contributed by atoms with Gasteiger partial charge in [0.05, 0.1) is 18.6 Å². The van der Waals surface area contributed by atoms with Gasteiger partial charge in [0.15, 0.2) is 0 Å². The van der Waals surface area contributed by atoms with Crippen LogP contribution in [0, 0.1) is 22.7 Å². The Bertz CT molecular complexity index is 1270. The van der Waals surface area contributed by atoms with Gasteiger partial charge in [0.2, 0.25) is 0 Å². The molecule has 2 aromatic carbocycles. The van der Waals surface area contributed by atoms with E-state index in [-0.39, 0.29) is 6.42 Å². The molecule has 6 rings (SSSR count). The van der Waals surface area contributed by atoms with Gasteiger partial charge in [0.1, 0.15) is 11.5 Å². The predicted molar refractivity (Wildman–Crippen MR) is 201 cm³/mol. The highest BCUT2D eigenvalue weighted by Gasteiger charge is 2.32. The van der Waals surface area contributed by atoms with Gasteiger partial charge in [-0.05, 0) is 147 Å². The summed E-state index contributed by atoms with van der Waals surface area (Å²) in [6, 6.07) is 17.5. The van der Waals surface area contributed by atoms with Crippen LogP contribution in [0.2, 0.25) is 0 Å². The van der Waals surface area contributed by atoms with Crippen molar-refractivity contribution in [2.45, 2.75) is 136 Å². The predicted octanol–water partition coefficient (Wildman–Crippen LogP) is 9.68. The van der Waals surface area contributed by atoms with Crippen LogP contribution in [0.15, 0.2) is 48.5 Å². The molecule has 2 saturated heterocycles. The number of carboxylic acid groups (broad SMARTS) is 1. The van der Waals surface area contributed by atoms with Gasteiger partial charge in [-0.3, -0.25) is 4.79 Å². The van der Waals surface area contributed by atoms with Gasteiger partial charge in [0, 0.05) is 19.6 Å². The first-order valence-electron chi connectivity index (χ1n) is 19.5. The summed E-state index contributed by atoms with van der Waals surface area (Å²) in [5, 5.41) is 12.3. The largest absolute Gasteiger partial charge is 0.490 e. The van der Waals surface area contributed by atoms with E-state index >= 15 is 0 Å². The first kappa shape index (κ1) is 37.7. The van der Waals surface area contributed by atoms with Gasteiger partial charge in [-0.2, -0.15) is 0 Å². The van der Waals surface area contributed by atoms with Crippen molar-refractivity contribution in [3.63, 3.8) is 0 Å². The lowest BCUT2D eigenvalue weighted by Crippen LogP contribution is -2.30. The van der Waals surface area contributed by atoms with Gasteiger partial charge < -0.3 is 24.8 Å². The maximum absolute atomic E-state index is 10.7. The van der Waals surface area contributed by atoms with Gasteiger partial charge >= 0.3 is 5.97 Å². The molecule has 2 aliphatic carbocycles. The highest BCUT2D eigenvalue weighted by molar-refractivity contribution is 5.66. The maximum Gasteiger partial charge on any atom is 0.304 e. The van der Waals surface area contributed by atoms with Crippen molar-refractivity contribution in [2.24, 2.45) is 22.7 Å². The van der Waals surface area contributed by atoms with Crippen LogP contribution in [0.4, 0.5) is 0 Å². The molecule has 2 aliphatic heterocycles. The molecular weight excluding hydrogens is 608 g/mol. The minimum absolute atomic E-state index is 0.233. The smallest absolute Gasteiger partial charge is 0.304 e. The summed E-state index contributed by atoms with van der Waals surface area (Å²) in [5.41, 5.74) is 3.65. The molecule has 6 heteroatoms. The van der Waals surface area contributed by atoms with E-state index in [1.54, 1.807) is 0 Å². The number of hydrogen-bond acceptors (Lipinski definition) is 5. The fourth-order valence-electron chi connectivity index (χ4n) is 8.62. The standard InChI is InChI=1S/C23H35NO3.C20H31NO/c1-23(2,3)19-6-10-21(11-7-19)27-20-8-4-17(5-9-20)18-12-14-24(16-18)15-13-22(25)26;1-20(2,3)17-6-10-19(11-7-17)22-18-8-4-15(5-9-18)16-12-13-21-14-16/h4-5,8-9,18-19,21H,6-7,10-16H2,1-3H3,(H,25,26);4-5,8-9,16-17,19,21H,6-7,10-14H2,1-3H3. The highest BCUT2D eigenvalue weighted by Crippen LogP contribution is 2.40. The molecule has 2 saturated carbocycles. The summed E-state index contributed by atoms with van der Waals surface area (Å²) in [6.07, 6.45) is 13.2. The lowest BCUT2D eigenvalue weighted by Gasteiger charge is -2.37. The van der Waals surface area contributed by atoms with Gasteiger partial charge in [-0.25, -0.2) is 0 Å². The minimum atomic E-state index is -0.712. The molecule has 2 heterocycles. The van der Waals surface area contributed by atoms with Crippen molar-refractivity contribution in [3.8, 4) is 11.5 Å². The number of ether oxygens (including phenoxy) is 2. The first-order chi connectivity index (χ1) is 23.3. The Labute approximate surface area is 297 Å². The summed E-state index contributed by atoms with van der Waals surface area (Å²) in [5.74, 6) is 4.19. The number of nitrogens with one attached hydrogen (secondary N) is 1. The van der Waals surface area contributed by atoms with Crippen molar-refractivity contribution in [1.29, 1.82) is 0 Å². The molecule has 4 aliphatic rings. The number of hydrogen-bond donors (Lipinski definition) is 2. The van der Waals surface area contributed by atoms with Crippen molar-refractivity contribution in [2.75, 3.05) is 32.7 Å². The Morgan fingerprint density at radius 1 is 0.694 bits per heavy atom. The average Bonchev–Trinajstić information content (AvgIpc) is 3.78. The average molecular weight is 675 g/mol. The third-order valence-electron chi connectivity index (χ3n) is 12.1. The summed E-state index contributed by atoms with van der Waals surface area (Å²) in [4.78, 5) is 13.0. The zero-order valence-electron chi connectivity index (χ0n) is 31.5. The molecule has 2 atom stereocenters. The van der Waals surface area contributed by atoms with E-state index in [1.165, 1.54) is 56.1 Å². The molecule has 2 aromatic rings. The number of nitrogens with zero attached hydrogens (tertiary/aromatic N) is 1. The van der Waals surface area contributed by atoms with Crippen LogP contribution in [0.1, 0.15) is 135 Å². The van der Waals surface area contributed by atoms with Crippen LogP contribution in [-0.2, 0) is 4.79 Å². The molecule has 272 valence electrons. The lowest BCUT2D eigenvalue weighted by molar-refractivity contribution is -0.137. The quantitative estimate of drug-likeness (QED) is 0.276. The SMILES string of the molecule is CC(C)(C)C1CCC(Oc2ccc(C3CCN(CCC(=O)O)C3)cc2)CC1.CC(C)(C)C1CCC(Oc2ccc(C3CCNC3)cc2)CC1. The molecule has 49 heavy (non-hydrogen) atoms. The third kappa shape index (κ3) is 11.5. The van der Waals surface area contributed by atoms with Crippen LogP contribution in [0.5, 0.6) is 11.5 Å². The zero-order chi connectivity index (χ0) is 35.0. The first-order valence-corrected chi connectivity index (χ1v) is 19.5. The number of benzene rings is 2. The normalized spacial score (nSPS) is 28.0. The summed E-state index contributed by atoms with van der Waals surface area (Å²) in [7, 11) is 0. The molecular formula is C43H66N2O4. The highest BCUT2D eigenvalue weighted by atomic mass is 16.5. The zero-order valence-corrected chi connectivity index (χ0v) is 31.5. The van der Waals surface area contributed by atoms with E-state index in [1.807, 2.05) is 0 Å². The van der Waals surface area contributed by atoms with Crippen molar-refractivity contribution in [3.05, 3.63) is 59.7 Å². The topological polar surface area (TPSA) is 71.0 Å². The van der Waals surface area contributed by atoms with E-state index in [2.05, 4.69) is 100 Å². The molecule has 0 aromatic heterocycles. The summed E-state index contributed by atoms with van der Waals surface area (Å²) < 4.78 is 12.5. The number of rotatable bonds is 9. The lowest BCUT2D eigenvalue weighted by atomic mass is 9.72. The molecule has 4 fully saturated rings. The fourth-order valence-corrected chi connectivity index (χ4v) is 8.62. The summed E-state index contributed by atoms with van der Waals surface area (Å²) >= 11 is 0. The van der Waals surface area contributed by atoms with Crippen LogP contribution >= 0.6 is 0 Å². The minimum Gasteiger partial charge on any atom is -0.490 e. The van der Waals surface area contributed by atoms with Crippen LogP contribution in [0.3, 0.4) is 0 Å². The van der Waals surface area contributed by atoms with Gasteiger partial charge in [-0.1, -0.05) is 65.8 Å². The Morgan fingerprint density at radius 2 is 1.16 bits per heavy atom. The number of carbonyl (C=O) groups is 1. The molecule has 0 bridgehead atoms. The van der Waals surface area contributed by atoms with Crippen LogP contribution in [-0.4, -0.2) is 60.9 Å². The molecule has 2 unspecified atom stereocenters. The van der Waals surface area contributed by atoms with Gasteiger partial charge in [0.25, 0.3) is 0 Å². The number of carboxylic acids is 1. The second-order valence-electron chi connectivity index (χ2n) is 17.7. The van der Waals surface area contributed by atoms with Crippen molar-refractivity contribution < 1.29 is 19.4 Å². The third-order valence-corrected chi connectivity index (χ3v) is 12.1. The van der Waals surface area contributed by atoms with E-state index in [0.29, 0.717) is 41.4 Å². The Morgan fingerprint density at radius 3 is 1.57 bits per heavy atom. The van der Waals surface area contributed by atoms with Crippen molar-refractivity contribution >= 4 is 5.97 Å². The fraction of sp³-hybridized carbons (Fsp3) is 0.698. The van der Waals surface area contributed by atoms with E-state index in [9.17, 15) is 4.79 Å². The molecule has 0 radical (unpaired) electrons. The van der Waals surface area contributed by atoms with E-state index < -0.39 is 5.97 Å². The molecule has 0 spiro atoms. The van der Waals surface area contributed by atoms with Crippen LogP contribution < -0.4 is 14.8 Å². The molecule has 6 nitrogen and oxygen atoms in total. The van der Waals surface area contributed by atoms with Crippen molar-refractivity contribution in [1.82, 2.24) is 10.2 Å².